The molecule has 1 aromatic rings. The summed E-state index contributed by atoms with van der Waals surface area (Å²) >= 11 is 0. The van der Waals surface area contributed by atoms with Gasteiger partial charge in [-0.3, -0.25) is 4.79 Å². The van der Waals surface area contributed by atoms with Gasteiger partial charge < -0.3 is 10.1 Å². The van der Waals surface area contributed by atoms with E-state index in [1.54, 1.807) is 18.2 Å². The van der Waals surface area contributed by atoms with E-state index in [-0.39, 0.29) is 34.5 Å². The SMILES string of the molecule is C[C@@H]1CN(S(=O)(=O)c2cccc(C(=O)N[C@@H](C)C34CC5CC(CC(C5)C3)C4)c2)C[C@H](C)O1. The van der Waals surface area contributed by atoms with Crippen molar-refractivity contribution in [3.8, 4) is 0 Å². The van der Waals surface area contributed by atoms with Crippen LogP contribution in [0.2, 0.25) is 0 Å². The highest BCUT2D eigenvalue weighted by Gasteiger charge is 2.53. The van der Waals surface area contributed by atoms with Crippen LogP contribution in [0.5, 0.6) is 0 Å². The third kappa shape index (κ3) is 4.01. The summed E-state index contributed by atoms with van der Waals surface area (Å²) in [6.07, 6.45) is 7.49. The third-order valence-corrected chi connectivity index (χ3v) is 10.3. The van der Waals surface area contributed by atoms with E-state index in [2.05, 4.69) is 12.2 Å². The number of nitrogens with one attached hydrogen (secondary N) is 1. The predicted molar refractivity (Wildman–Crippen MR) is 123 cm³/mol. The molecule has 6 nitrogen and oxygen atoms in total. The minimum atomic E-state index is -3.68. The van der Waals surface area contributed by atoms with E-state index in [0.29, 0.717) is 18.7 Å². The first-order chi connectivity index (χ1) is 15.1. The molecule has 6 rings (SSSR count). The van der Waals surface area contributed by atoms with Gasteiger partial charge in [-0.15, -0.1) is 0 Å². The predicted octanol–water partition coefficient (Wildman–Crippen LogP) is 3.82. The molecule has 0 unspecified atom stereocenters. The Labute approximate surface area is 192 Å². The first-order valence-corrected chi connectivity index (χ1v) is 13.7. The fourth-order valence-electron chi connectivity index (χ4n) is 7.41. The number of rotatable bonds is 5. The first-order valence-electron chi connectivity index (χ1n) is 12.2. The molecule has 0 spiro atoms. The highest BCUT2D eigenvalue weighted by molar-refractivity contribution is 7.89. The van der Waals surface area contributed by atoms with Crippen LogP contribution in [0.1, 0.15) is 69.7 Å². The second kappa shape index (κ2) is 8.10. The third-order valence-electron chi connectivity index (χ3n) is 8.47. The number of benzene rings is 1. The largest absolute Gasteiger partial charge is 0.373 e. The molecule has 0 aromatic heterocycles. The Balaban J connectivity index is 1.32. The molecule has 5 aliphatic rings. The molecule has 1 aliphatic heterocycles. The van der Waals surface area contributed by atoms with Crippen LogP contribution in [-0.4, -0.2) is 50.0 Å². The molecule has 4 aliphatic carbocycles. The van der Waals surface area contributed by atoms with Crippen LogP contribution in [0.4, 0.5) is 0 Å². The zero-order chi connectivity index (χ0) is 22.7. The summed E-state index contributed by atoms with van der Waals surface area (Å²) in [6, 6.07) is 6.60. The molecular formula is C25H36N2O4S. The van der Waals surface area contributed by atoms with Crippen molar-refractivity contribution >= 4 is 15.9 Å². The van der Waals surface area contributed by atoms with Crippen molar-refractivity contribution in [3.63, 3.8) is 0 Å². The van der Waals surface area contributed by atoms with Crippen LogP contribution in [-0.2, 0) is 14.8 Å². The molecule has 3 atom stereocenters. The zero-order valence-electron chi connectivity index (χ0n) is 19.4. The minimum absolute atomic E-state index is 0.101. The van der Waals surface area contributed by atoms with Crippen molar-refractivity contribution < 1.29 is 17.9 Å². The lowest BCUT2D eigenvalue weighted by atomic mass is 9.48. The topological polar surface area (TPSA) is 75.7 Å². The van der Waals surface area contributed by atoms with Gasteiger partial charge in [0.1, 0.15) is 0 Å². The molecule has 1 saturated heterocycles. The van der Waals surface area contributed by atoms with Gasteiger partial charge in [-0.1, -0.05) is 6.07 Å². The molecule has 4 bridgehead atoms. The molecular weight excluding hydrogens is 424 g/mol. The van der Waals surface area contributed by atoms with E-state index in [4.69, 9.17) is 4.74 Å². The van der Waals surface area contributed by atoms with Gasteiger partial charge in [0.05, 0.1) is 17.1 Å². The summed E-state index contributed by atoms with van der Waals surface area (Å²) in [7, 11) is -3.68. The van der Waals surface area contributed by atoms with Gasteiger partial charge in [0.15, 0.2) is 0 Å². The summed E-state index contributed by atoms with van der Waals surface area (Å²) in [6.45, 7) is 6.57. The second-order valence-electron chi connectivity index (χ2n) is 11.1. The lowest BCUT2D eigenvalue weighted by molar-refractivity contribution is -0.0688. The van der Waals surface area contributed by atoms with Crippen LogP contribution in [0.25, 0.3) is 0 Å². The summed E-state index contributed by atoms with van der Waals surface area (Å²) < 4.78 is 33.6. The summed E-state index contributed by atoms with van der Waals surface area (Å²) in [4.78, 5) is 13.3. The Kier molecular flexibility index (Phi) is 5.66. The monoisotopic (exact) mass is 460 g/mol. The maximum Gasteiger partial charge on any atom is 0.251 e. The fourth-order valence-corrected chi connectivity index (χ4v) is 9.05. The van der Waals surface area contributed by atoms with E-state index in [1.165, 1.54) is 48.9 Å². The zero-order valence-corrected chi connectivity index (χ0v) is 20.2. The quantitative estimate of drug-likeness (QED) is 0.725. The Morgan fingerprint density at radius 1 is 1.06 bits per heavy atom. The van der Waals surface area contributed by atoms with E-state index in [1.807, 2.05) is 13.8 Å². The van der Waals surface area contributed by atoms with Crippen molar-refractivity contribution in [3.05, 3.63) is 29.8 Å². The molecule has 1 amide bonds. The Morgan fingerprint density at radius 3 is 2.19 bits per heavy atom. The molecule has 0 radical (unpaired) electrons. The number of sulfonamides is 1. The van der Waals surface area contributed by atoms with Crippen molar-refractivity contribution in [2.24, 2.45) is 23.2 Å². The lowest BCUT2D eigenvalue weighted by Crippen LogP contribution is -2.55. The fraction of sp³-hybridized carbons (Fsp3) is 0.720. The van der Waals surface area contributed by atoms with Gasteiger partial charge in [0, 0.05) is 24.7 Å². The maximum atomic E-state index is 13.2. The number of carbonyl (C=O) groups is 1. The number of ether oxygens (including phenoxy) is 1. The van der Waals surface area contributed by atoms with E-state index in [0.717, 1.165) is 17.8 Å². The van der Waals surface area contributed by atoms with E-state index in [9.17, 15) is 13.2 Å². The van der Waals surface area contributed by atoms with Crippen LogP contribution in [0.3, 0.4) is 0 Å². The summed E-state index contributed by atoms with van der Waals surface area (Å²) in [5, 5.41) is 3.26. The maximum absolute atomic E-state index is 13.2. The Morgan fingerprint density at radius 2 is 1.62 bits per heavy atom. The van der Waals surface area contributed by atoms with Gasteiger partial charge in [-0.2, -0.15) is 4.31 Å². The molecule has 32 heavy (non-hydrogen) atoms. The minimum Gasteiger partial charge on any atom is -0.373 e. The molecule has 5 fully saturated rings. The van der Waals surface area contributed by atoms with Gasteiger partial charge in [0.2, 0.25) is 10.0 Å². The highest BCUT2D eigenvalue weighted by atomic mass is 32.2. The average Bonchev–Trinajstić information content (AvgIpc) is 2.72. The summed E-state index contributed by atoms with van der Waals surface area (Å²) in [5.41, 5.74) is 0.630. The van der Waals surface area contributed by atoms with Crippen LogP contribution >= 0.6 is 0 Å². The summed E-state index contributed by atoms with van der Waals surface area (Å²) in [5.74, 6) is 2.31. The molecule has 1 aromatic carbocycles. The second-order valence-corrected chi connectivity index (χ2v) is 13.0. The van der Waals surface area contributed by atoms with Gasteiger partial charge >= 0.3 is 0 Å². The number of morpholine rings is 1. The first kappa shape index (κ1) is 22.4. The van der Waals surface area contributed by atoms with Gasteiger partial charge in [-0.05, 0) is 101 Å². The highest BCUT2D eigenvalue weighted by Crippen LogP contribution is 2.61. The molecule has 4 saturated carbocycles. The van der Waals surface area contributed by atoms with Crippen molar-refractivity contribution in [2.45, 2.75) is 82.4 Å². The van der Waals surface area contributed by atoms with E-state index >= 15 is 0 Å². The lowest BCUT2D eigenvalue weighted by Gasteiger charge is -2.59. The van der Waals surface area contributed by atoms with Crippen molar-refractivity contribution in [2.75, 3.05) is 13.1 Å². The van der Waals surface area contributed by atoms with Crippen molar-refractivity contribution in [1.82, 2.24) is 9.62 Å². The number of hydrogen-bond donors (Lipinski definition) is 1. The average molecular weight is 461 g/mol. The number of amides is 1. The number of carbonyl (C=O) groups excluding carboxylic acids is 1. The molecule has 1 N–H and O–H groups in total. The molecule has 1 heterocycles. The van der Waals surface area contributed by atoms with Crippen molar-refractivity contribution in [1.29, 1.82) is 0 Å². The Hall–Kier alpha value is -1.44. The van der Waals surface area contributed by atoms with Gasteiger partial charge in [-0.25, -0.2) is 8.42 Å². The van der Waals surface area contributed by atoms with Gasteiger partial charge in [0.25, 0.3) is 5.91 Å². The molecule has 7 heteroatoms. The standard InChI is InChI=1S/C25H36N2O4S/c1-16-14-27(15-17(2)31-16)32(29,30)23-6-4-5-22(10-23)24(28)26-18(3)25-11-19-7-20(12-25)9-21(8-19)13-25/h4-6,10,16-21H,7-9,11-15H2,1-3H3,(H,26,28)/t16-,17+,18-,19?,20?,21?,25?/m0/s1. The molecule has 176 valence electrons. The van der Waals surface area contributed by atoms with E-state index < -0.39 is 10.0 Å². The number of nitrogens with zero attached hydrogens (tertiary/aromatic N) is 1. The van der Waals surface area contributed by atoms with Crippen LogP contribution < -0.4 is 5.32 Å². The number of hydrogen-bond acceptors (Lipinski definition) is 4. The Bertz CT molecular complexity index is 946. The van der Waals surface area contributed by atoms with Crippen LogP contribution in [0, 0.1) is 23.2 Å². The van der Waals surface area contributed by atoms with Crippen LogP contribution in [0.15, 0.2) is 29.2 Å². The smallest absolute Gasteiger partial charge is 0.251 e. The normalized spacial score (nSPS) is 37.9.